The lowest BCUT2D eigenvalue weighted by atomic mass is 10.1. The van der Waals surface area contributed by atoms with Gasteiger partial charge in [0.1, 0.15) is 5.82 Å². The number of H-pyrrole nitrogens is 1. The van der Waals surface area contributed by atoms with E-state index in [2.05, 4.69) is 53.3 Å². The molecule has 5 heteroatoms. The van der Waals surface area contributed by atoms with Crippen LogP contribution in [0.1, 0.15) is 30.2 Å². The molecule has 3 nitrogen and oxygen atoms in total. The van der Waals surface area contributed by atoms with Crippen molar-refractivity contribution in [1.29, 1.82) is 0 Å². The number of hydrogen-bond donors (Lipinski definition) is 1. The number of hydrogen-bond acceptors (Lipinski definition) is 3. The van der Waals surface area contributed by atoms with Crippen molar-refractivity contribution in [3.05, 3.63) is 65.5 Å². The third-order valence-electron chi connectivity index (χ3n) is 3.72. The number of rotatable bonds is 5. The van der Waals surface area contributed by atoms with E-state index in [1.165, 1.54) is 17.7 Å². The Morgan fingerprint density at radius 1 is 1.09 bits per heavy atom. The lowest BCUT2D eigenvalue weighted by Crippen LogP contribution is -1.89. The molecule has 0 saturated heterocycles. The fourth-order valence-corrected chi connectivity index (χ4v) is 3.14. The standard InChI is InChI=1S/C18H18FN3S/c1-3-13-4-6-15(7-5-13)17-20-18(22-21-17)23-12(2)14-8-10-16(19)11-9-14/h4-12H,3H2,1-2H3,(H,20,21,22). The molecular weight excluding hydrogens is 309 g/mol. The van der Waals surface area contributed by atoms with Crippen LogP contribution in [0.3, 0.4) is 0 Å². The second kappa shape index (κ2) is 6.96. The summed E-state index contributed by atoms with van der Waals surface area (Å²) in [5.74, 6) is 0.545. The van der Waals surface area contributed by atoms with Crippen LogP contribution in [0.5, 0.6) is 0 Å². The molecule has 1 aromatic heterocycles. The number of benzene rings is 2. The van der Waals surface area contributed by atoms with Crippen molar-refractivity contribution >= 4 is 11.8 Å². The molecule has 1 unspecified atom stereocenters. The quantitative estimate of drug-likeness (QED) is 0.669. The Morgan fingerprint density at radius 2 is 1.78 bits per heavy atom. The van der Waals surface area contributed by atoms with Crippen LogP contribution in [-0.2, 0) is 6.42 Å². The Morgan fingerprint density at radius 3 is 2.43 bits per heavy atom. The van der Waals surface area contributed by atoms with Gasteiger partial charge < -0.3 is 0 Å². The summed E-state index contributed by atoms with van der Waals surface area (Å²) in [6, 6.07) is 14.9. The van der Waals surface area contributed by atoms with Crippen molar-refractivity contribution in [3.63, 3.8) is 0 Å². The summed E-state index contributed by atoms with van der Waals surface area (Å²) in [4.78, 5) is 4.54. The second-order valence-electron chi connectivity index (χ2n) is 5.33. The molecule has 1 atom stereocenters. The van der Waals surface area contributed by atoms with Gasteiger partial charge in [0.05, 0.1) is 0 Å². The van der Waals surface area contributed by atoms with Gasteiger partial charge in [-0.3, -0.25) is 5.10 Å². The zero-order chi connectivity index (χ0) is 16.2. The highest BCUT2D eigenvalue weighted by Gasteiger charge is 2.12. The van der Waals surface area contributed by atoms with Crippen LogP contribution in [0, 0.1) is 5.82 Å². The van der Waals surface area contributed by atoms with Gasteiger partial charge in [-0.05, 0) is 36.6 Å². The molecule has 3 aromatic rings. The molecule has 0 amide bonds. The molecule has 2 aromatic carbocycles. The van der Waals surface area contributed by atoms with Crippen molar-refractivity contribution in [2.24, 2.45) is 0 Å². The Hall–Kier alpha value is -2.14. The SMILES string of the molecule is CCc1ccc(-c2nc(SC(C)c3ccc(F)cc3)n[nH]2)cc1. The lowest BCUT2D eigenvalue weighted by Gasteiger charge is -2.08. The molecular formula is C18H18FN3S. The third-order valence-corrected chi connectivity index (χ3v) is 4.74. The van der Waals surface area contributed by atoms with Crippen molar-refractivity contribution in [2.75, 3.05) is 0 Å². The number of halogens is 1. The molecule has 0 aliphatic carbocycles. The number of nitrogens with zero attached hydrogens (tertiary/aromatic N) is 2. The first-order valence-corrected chi connectivity index (χ1v) is 8.47. The summed E-state index contributed by atoms with van der Waals surface area (Å²) in [7, 11) is 0. The number of aromatic amines is 1. The van der Waals surface area contributed by atoms with Crippen LogP contribution < -0.4 is 0 Å². The highest BCUT2D eigenvalue weighted by atomic mass is 32.2. The Balaban J connectivity index is 1.72. The molecule has 0 bridgehead atoms. The summed E-state index contributed by atoms with van der Waals surface area (Å²) < 4.78 is 13.0. The van der Waals surface area contributed by atoms with Gasteiger partial charge in [-0.2, -0.15) is 0 Å². The maximum atomic E-state index is 13.0. The van der Waals surface area contributed by atoms with Crippen LogP contribution in [0.25, 0.3) is 11.4 Å². The molecule has 0 spiro atoms. The maximum absolute atomic E-state index is 13.0. The third kappa shape index (κ3) is 3.79. The molecule has 0 fully saturated rings. The van der Waals surface area contributed by atoms with Crippen LogP contribution >= 0.6 is 11.8 Å². The van der Waals surface area contributed by atoms with E-state index < -0.39 is 0 Å². The Bertz CT molecular complexity index is 766. The van der Waals surface area contributed by atoms with E-state index in [0.717, 1.165) is 23.4 Å². The lowest BCUT2D eigenvalue weighted by molar-refractivity contribution is 0.627. The summed E-state index contributed by atoms with van der Waals surface area (Å²) in [5, 5.41) is 8.10. The van der Waals surface area contributed by atoms with Gasteiger partial charge in [-0.15, -0.1) is 5.10 Å². The number of thioether (sulfide) groups is 1. The average Bonchev–Trinajstić information content (AvgIpc) is 3.04. The summed E-state index contributed by atoms with van der Waals surface area (Å²) in [6.07, 6.45) is 1.02. The molecule has 0 aliphatic rings. The highest BCUT2D eigenvalue weighted by molar-refractivity contribution is 7.99. The zero-order valence-electron chi connectivity index (χ0n) is 13.1. The average molecular weight is 327 g/mol. The fourth-order valence-electron chi connectivity index (χ4n) is 2.29. The first kappa shape index (κ1) is 15.7. The van der Waals surface area contributed by atoms with Gasteiger partial charge in [-0.1, -0.05) is 55.1 Å². The van der Waals surface area contributed by atoms with E-state index in [0.29, 0.717) is 5.16 Å². The van der Waals surface area contributed by atoms with Crippen molar-refractivity contribution in [2.45, 2.75) is 30.7 Å². The predicted octanol–water partition coefficient (Wildman–Crippen LogP) is 5.03. The minimum Gasteiger partial charge on any atom is -0.258 e. The van der Waals surface area contributed by atoms with Crippen molar-refractivity contribution in [3.8, 4) is 11.4 Å². The van der Waals surface area contributed by atoms with Crippen LogP contribution in [0.15, 0.2) is 53.7 Å². The number of aryl methyl sites for hydroxylation is 1. The fraction of sp³-hybridized carbons (Fsp3) is 0.222. The second-order valence-corrected chi connectivity index (χ2v) is 6.64. The molecule has 0 saturated carbocycles. The molecule has 0 aliphatic heterocycles. The van der Waals surface area contributed by atoms with Crippen LogP contribution in [0.4, 0.5) is 4.39 Å². The van der Waals surface area contributed by atoms with Crippen LogP contribution in [-0.4, -0.2) is 15.2 Å². The van der Waals surface area contributed by atoms with Gasteiger partial charge >= 0.3 is 0 Å². The van der Waals surface area contributed by atoms with E-state index in [9.17, 15) is 4.39 Å². The van der Waals surface area contributed by atoms with Gasteiger partial charge in [0.25, 0.3) is 0 Å². The van der Waals surface area contributed by atoms with Crippen LogP contribution in [0.2, 0.25) is 0 Å². The smallest absolute Gasteiger partial charge is 0.209 e. The Labute approximate surface area is 139 Å². The first-order valence-electron chi connectivity index (χ1n) is 7.59. The molecule has 1 heterocycles. The minimum atomic E-state index is -0.221. The summed E-state index contributed by atoms with van der Waals surface area (Å²) in [6.45, 7) is 4.19. The normalized spacial score (nSPS) is 12.3. The van der Waals surface area contributed by atoms with Gasteiger partial charge in [0.15, 0.2) is 5.82 Å². The number of nitrogens with one attached hydrogen (secondary N) is 1. The molecule has 3 rings (SSSR count). The molecule has 1 N–H and O–H groups in total. The van der Waals surface area contributed by atoms with Gasteiger partial charge in [-0.25, -0.2) is 9.37 Å². The van der Waals surface area contributed by atoms with Crippen molar-refractivity contribution < 1.29 is 4.39 Å². The van der Waals surface area contributed by atoms with Gasteiger partial charge in [0.2, 0.25) is 5.16 Å². The topological polar surface area (TPSA) is 41.6 Å². The van der Waals surface area contributed by atoms with E-state index in [4.69, 9.17) is 0 Å². The Kier molecular flexibility index (Phi) is 4.76. The summed E-state index contributed by atoms with van der Waals surface area (Å²) in [5.41, 5.74) is 3.37. The zero-order valence-corrected chi connectivity index (χ0v) is 13.9. The maximum Gasteiger partial charge on any atom is 0.209 e. The van der Waals surface area contributed by atoms with E-state index >= 15 is 0 Å². The molecule has 118 valence electrons. The highest BCUT2D eigenvalue weighted by Crippen LogP contribution is 2.33. The van der Waals surface area contributed by atoms with E-state index in [1.807, 2.05) is 0 Å². The van der Waals surface area contributed by atoms with Gasteiger partial charge in [0, 0.05) is 10.8 Å². The predicted molar refractivity (Wildman–Crippen MR) is 91.9 cm³/mol. The molecule has 23 heavy (non-hydrogen) atoms. The van der Waals surface area contributed by atoms with E-state index in [-0.39, 0.29) is 11.1 Å². The molecule has 0 radical (unpaired) electrons. The van der Waals surface area contributed by atoms with Crippen molar-refractivity contribution in [1.82, 2.24) is 15.2 Å². The monoisotopic (exact) mass is 327 g/mol. The minimum absolute atomic E-state index is 0.154. The van der Waals surface area contributed by atoms with E-state index in [1.54, 1.807) is 23.9 Å². The first-order chi connectivity index (χ1) is 11.2. The summed E-state index contributed by atoms with van der Waals surface area (Å²) >= 11 is 1.55. The number of aromatic nitrogens is 3. The largest absolute Gasteiger partial charge is 0.258 e.